The van der Waals surface area contributed by atoms with E-state index in [1.807, 2.05) is 0 Å². The molecule has 1 saturated heterocycles. The lowest BCUT2D eigenvalue weighted by Crippen LogP contribution is -2.55. The zero-order valence-corrected chi connectivity index (χ0v) is 15.5. The summed E-state index contributed by atoms with van der Waals surface area (Å²) < 4.78 is 5.14. The third-order valence-corrected chi connectivity index (χ3v) is 4.93. The maximum absolute atomic E-state index is 12.3. The van der Waals surface area contributed by atoms with Gasteiger partial charge in [0.1, 0.15) is 11.4 Å². The molecule has 0 saturated carbocycles. The number of ether oxygens (including phenoxy) is 1. The van der Waals surface area contributed by atoms with Crippen molar-refractivity contribution in [3.8, 4) is 5.75 Å². The molecule has 1 amide bonds. The Morgan fingerprint density at radius 3 is 2.67 bits per heavy atom. The standard InChI is InChI=1S/C18H30N4O2/c1-18(2,22-10-7-14(8-11-22)21(3)4)13-20-17(23)16-12-15(24-5)6-9-19-16/h6,9,12,14H,7-8,10-11,13H2,1-5H3,(H,20,23). The van der Waals surface area contributed by atoms with E-state index in [4.69, 9.17) is 4.74 Å². The largest absolute Gasteiger partial charge is 0.497 e. The maximum Gasteiger partial charge on any atom is 0.270 e. The summed E-state index contributed by atoms with van der Waals surface area (Å²) in [6.45, 7) is 7.08. The molecule has 6 nitrogen and oxygen atoms in total. The molecule has 0 atom stereocenters. The number of methoxy groups -OCH3 is 1. The predicted molar refractivity (Wildman–Crippen MR) is 95.5 cm³/mol. The molecule has 0 radical (unpaired) electrons. The Morgan fingerprint density at radius 2 is 2.08 bits per heavy atom. The van der Waals surface area contributed by atoms with Crippen LogP contribution in [0.5, 0.6) is 5.75 Å². The number of carbonyl (C=O) groups is 1. The van der Waals surface area contributed by atoms with Gasteiger partial charge >= 0.3 is 0 Å². The van der Waals surface area contributed by atoms with Crippen LogP contribution in [0.15, 0.2) is 18.3 Å². The average molecular weight is 334 g/mol. The van der Waals surface area contributed by atoms with Crippen LogP contribution in [0.4, 0.5) is 0 Å². The third kappa shape index (κ3) is 4.68. The lowest BCUT2D eigenvalue weighted by atomic mass is 9.96. The van der Waals surface area contributed by atoms with Crippen LogP contribution in [-0.4, -0.2) is 73.1 Å². The second-order valence-electron chi connectivity index (χ2n) is 7.26. The van der Waals surface area contributed by atoms with Gasteiger partial charge in [-0.3, -0.25) is 14.7 Å². The second kappa shape index (κ2) is 7.94. The van der Waals surface area contributed by atoms with Gasteiger partial charge in [0.25, 0.3) is 5.91 Å². The Kier molecular flexibility index (Phi) is 6.18. The minimum Gasteiger partial charge on any atom is -0.497 e. The minimum atomic E-state index is -0.162. The van der Waals surface area contributed by atoms with Crippen LogP contribution in [0.2, 0.25) is 0 Å². The fourth-order valence-corrected chi connectivity index (χ4v) is 3.15. The Labute approximate surface area is 145 Å². The summed E-state index contributed by atoms with van der Waals surface area (Å²) in [5.41, 5.74) is 0.308. The smallest absolute Gasteiger partial charge is 0.270 e. The van der Waals surface area contributed by atoms with Gasteiger partial charge in [-0.1, -0.05) is 0 Å². The van der Waals surface area contributed by atoms with Crippen LogP contribution in [0.3, 0.4) is 0 Å². The fourth-order valence-electron chi connectivity index (χ4n) is 3.15. The second-order valence-corrected chi connectivity index (χ2v) is 7.26. The van der Waals surface area contributed by atoms with E-state index in [1.165, 1.54) is 12.8 Å². The monoisotopic (exact) mass is 334 g/mol. The number of amides is 1. The number of hydrogen-bond acceptors (Lipinski definition) is 5. The van der Waals surface area contributed by atoms with Crippen molar-refractivity contribution < 1.29 is 9.53 Å². The highest BCUT2D eigenvalue weighted by molar-refractivity contribution is 5.92. The number of piperidine rings is 1. The van der Waals surface area contributed by atoms with Crippen LogP contribution >= 0.6 is 0 Å². The highest BCUT2D eigenvalue weighted by Crippen LogP contribution is 2.22. The highest BCUT2D eigenvalue weighted by Gasteiger charge is 2.31. The van der Waals surface area contributed by atoms with E-state index in [9.17, 15) is 4.79 Å². The number of nitrogens with zero attached hydrogens (tertiary/aromatic N) is 3. The molecule has 134 valence electrons. The van der Waals surface area contributed by atoms with Gasteiger partial charge in [-0.25, -0.2) is 0 Å². The van der Waals surface area contributed by atoms with Gasteiger partial charge in [0.2, 0.25) is 0 Å². The Balaban J connectivity index is 1.89. The molecular weight excluding hydrogens is 304 g/mol. The van der Waals surface area contributed by atoms with Crippen LogP contribution in [0.1, 0.15) is 37.2 Å². The minimum absolute atomic E-state index is 0.0776. The normalized spacial score (nSPS) is 17.1. The van der Waals surface area contributed by atoms with E-state index < -0.39 is 0 Å². The topological polar surface area (TPSA) is 57.7 Å². The molecule has 1 aromatic heterocycles. The molecule has 1 fully saturated rings. The average Bonchev–Trinajstić information content (AvgIpc) is 2.59. The van der Waals surface area contributed by atoms with Crippen molar-refractivity contribution >= 4 is 5.91 Å². The molecule has 0 aromatic carbocycles. The van der Waals surface area contributed by atoms with E-state index in [-0.39, 0.29) is 11.4 Å². The number of likely N-dealkylation sites (tertiary alicyclic amines) is 1. The number of hydrogen-bond donors (Lipinski definition) is 1. The Hall–Kier alpha value is -1.66. The van der Waals surface area contributed by atoms with Crippen LogP contribution in [0.25, 0.3) is 0 Å². The van der Waals surface area contributed by atoms with Gasteiger partial charge in [-0.15, -0.1) is 0 Å². The lowest BCUT2D eigenvalue weighted by molar-refractivity contribution is 0.0586. The molecule has 24 heavy (non-hydrogen) atoms. The molecule has 6 heteroatoms. The van der Waals surface area contributed by atoms with Crippen LogP contribution in [-0.2, 0) is 0 Å². The number of nitrogens with one attached hydrogen (secondary N) is 1. The SMILES string of the molecule is COc1ccnc(C(=O)NCC(C)(C)N2CCC(N(C)C)CC2)c1. The summed E-state index contributed by atoms with van der Waals surface area (Å²) >= 11 is 0. The number of rotatable bonds is 6. The molecule has 2 heterocycles. The van der Waals surface area contributed by atoms with Crippen molar-refractivity contribution in [1.82, 2.24) is 20.1 Å². The zero-order valence-electron chi connectivity index (χ0n) is 15.5. The van der Waals surface area contributed by atoms with Gasteiger partial charge < -0.3 is 15.0 Å². The first kappa shape index (κ1) is 18.7. The molecule has 1 aromatic rings. The first-order valence-corrected chi connectivity index (χ1v) is 8.53. The van der Waals surface area contributed by atoms with Crippen LogP contribution < -0.4 is 10.1 Å². The summed E-state index contributed by atoms with van der Waals surface area (Å²) in [5.74, 6) is 0.477. The Bertz CT molecular complexity index is 552. The quantitative estimate of drug-likeness (QED) is 0.857. The summed E-state index contributed by atoms with van der Waals surface area (Å²) in [5, 5.41) is 3.01. The van der Waals surface area contributed by atoms with Gasteiger partial charge in [0.15, 0.2) is 0 Å². The number of pyridine rings is 1. The fraction of sp³-hybridized carbons (Fsp3) is 0.667. The van der Waals surface area contributed by atoms with Crippen molar-refractivity contribution in [1.29, 1.82) is 0 Å². The molecule has 1 aliphatic heterocycles. The predicted octanol–water partition coefficient (Wildman–Crippen LogP) is 1.62. The molecule has 0 aliphatic carbocycles. The first-order chi connectivity index (χ1) is 11.3. The lowest BCUT2D eigenvalue weighted by Gasteiger charge is -2.44. The molecule has 1 N–H and O–H groups in total. The van der Waals surface area contributed by atoms with Crippen molar-refractivity contribution in [2.45, 2.75) is 38.3 Å². The molecule has 0 bridgehead atoms. The molecule has 2 rings (SSSR count). The van der Waals surface area contributed by atoms with E-state index in [0.717, 1.165) is 13.1 Å². The van der Waals surface area contributed by atoms with Crippen LogP contribution in [0, 0.1) is 0 Å². The van der Waals surface area contributed by atoms with Gasteiger partial charge in [0, 0.05) is 43.5 Å². The van der Waals surface area contributed by atoms with Crippen molar-refractivity contribution in [3.63, 3.8) is 0 Å². The summed E-state index contributed by atoms with van der Waals surface area (Å²) in [7, 11) is 5.87. The van der Waals surface area contributed by atoms with Gasteiger partial charge in [0.05, 0.1) is 7.11 Å². The maximum atomic E-state index is 12.3. The van der Waals surface area contributed by atoms with Crippen molar-refractivity contribution in [2.24, 2.45) is 0 Å². The summed E-state index contributed by atoms with van der Waals surface area (Å²) in [6, 6.07) is 4.05. The molecule has 1 aliphatic rings. The van der Waals surface area contributed by atoms with E-state index in [1.54, 1.807) is 25.4 Å². The van der Waals surface area contributed by atoms with E-state index in [0.29, 0.717) is 24.0 Å². The summed E-state index contributed by atoms with van der Waals surface area (Å²) in [4.78, 5) is 21.2. The molecular formula is C18H30N4O2. The first-order valence-electron chi connectivity index (χ1n) is 8.53. The molecule has 0 spiro atoms. The molecule has 0 unspecified atom stereocenters. The zero-order chi connectivity index (χ0) is 17.7. The van der Waals surface area contributed by atoms with Crippen molar-refractivity contribution in [2.75, 3.05) is 40.8 Å². The summed E-state index contributed by atoms with van der Waals surface area (Å²) in [6.07, 6.45) is 3.93. The van der Waals surface area contributed by atoms with Gasteiger partial charge in [-0.05, 0) is 46.9 Å². The number of aromatic nitrogens is 1. The van der Waals surface area contributed by atoms with Gasteiger partial charge in [-0.2, -0.15) is 0 Å². The third-order valence-electron chi connectivity index (χ3n) is 4.93. The number of carbonyl (C=O) groups excluding carboxylic acids is 1. The highest BCUT2D eigenvalue weighted by atomic mass is 16.5. The van der Waals surface area contributed by atoms with E-state index in [2.05, 4.69) is 48.0 Å². The Morgan fingerprint density at radius 1 is 1.42 bits per heavy atom. The van der Waals surface area contributed by atoms with Crippen molar-refractivity contribution in [3.05, 3.63) is 24.0 Å². The van der Waals surface area contributed by atoms with E-state index >= 15 is 0 Å².